The van der Waals surface area contributed by atoms with Gasteiger partial charge in [-0.05, 0) is 19.3 Å². The zero-order valence-electron chi connectivity index (χ0n) is 11.0. The number of carbonyl (C=O) groups is 2. The molecule has 104 valence electrons. The Bertz CT molecular complexity index is 275. The molecule has 0 spiro atoms. The molecule has 0 aliphatic rings. The summed E-state index contributed by atoms with van der Waals surface area (Å²) in [6, 6.07) is -0.437. The number of guanidine groups is 1. The number of nitrogens with one attached hydrogen (secondary N) is 1. The number of amides is 1. The van der Waals surface area contributed by atoms with Crippen molar-refractivity contribution < 1.29 is 9.59 Å². The fourth-order valence-electron chi connectivity index (χ4n) is 1.51. The maximum atomic E-state index is 11.5. The van der Waals surface area contributed by atoms with Crippen LogP contribution in [0.1, 0.15) is 45.4 Å². The molecular formula is C12H24N4O2. The van der Waals surface area contributed by atoms with Gasteiger partial charge in [0, 0.05) is 13.0 Å². The summed E-state index contributed by atoms with van der Waals surface area (Å²) in [4.78, 5) is 26.1. The van der Waals surface area contributed by atoms with E-state index < -0.39 is 6.04 Å². The van der Waals surface area contributed by atoms with Gasteiger partial charge in [0.25, 0.3) is 0 Å². The first-order chi connectivity index (χ1) is 8.60. The maximum absolute atomic E-state index is 11.5. The van der Waals surface area contributed by atoms with Crippen LogP contribution >= 0.6 is 0 Å². The van der Waals surface area contributed by atoms with Gasteiger partial charge in [0.1, 0.15) is 6.29 Å². The fraction of sp³-hybridized carbons (Fsp3) is 0.750. The molecule has 0 aromatic heterocycles. The highest BCUT2D eigenvalue weighted by Crippen LogP contribution is 2.00. The van der Waals surface area contributed by atoms with Crippen molar-refractivity contribution in [2.75, 3.05) is 6.54 Å². The largest absolute Gasteiger partial charge is 0.370 e. The highest BCUT2D eigenvalue weighted by molar-refractivity contribution is 5.79. The van der Waals surface area contributed by atoms with Gasteiger partial charge in [-0.1, -0.05) is 19.8 Å². The molecule has 0 aliphatic carbocycles. The molecule has 0 saturated carbocycles. The van der Waals surface area contributed by atoms with Crippen LogP contribution in [0.25, 0.3) is 0 Å². The molecule has 0 fully saturated rings. The summed E-state index contributed by atoms with van der Waals surface area (Å²) in [6.07, 6.45) is 5.42. The summed E-state index contributed by atoms with van der Waals surface area (Å²) in [5.41, 5.74) is 10.4. The molecule has 0 saturated heterocycles. The minimum absolute atomic E-state index is 0.0428. The van der Waals surface area contributed by atoms with Gasteiger partial charge in [-0.15, -0.1) is 0 Å². The van der Waals surface area contributed by atoms with E-state index in [9.17, 15) is 9.59 Å². The predicted molar refractivity (Wildman–Crippen MR) is 72.0 cm³/mol. The smallest absolute Gasteiger partial charge is 0.220 e. The van der Waals surface area contributed by atoms with Crippen LogP contribution in [0.15, 0.2) is 4.99 Å². The summed E-state index contributed by atoms with van der Waals surface area (Å²) < 4.78 is 0. The van der Waals surface area contributed by atoms with E-state index in [1.54, 1.807) is 0 Å². The zero-order chi connectivity index (χ0) is 13.8. The molecule has 1 amide bonds. The Morgan fingerprint density at radius 2 is 2.06 bits per heavy atom. The lowest BCUT2D eigenvalue weighted by Gasteiger charge is -2.11. The van der Waals surface area contributed by atoms with Crippen LogP contribution in [0, 0.1) is 0 Å². The molecule has 0 radical (unpaired) electrons. The quantitative estimate of drug-likeness (QED) is 0.226. The van der Waals surface area contributed by atoms with Crippen molar-refractivity contribution in [3.63, 3.8) is 0 Å². The van der Waals surface area contributed by atoms with Crippen LogP contribution in [0.4, 0.5) is 0 Å². The van der Waals surface area contributed by atoms with Gasteiger partial charge < -0.3 is 21.6 Å². The minimum atomic E-state index is -0.437. The number of hydrogen-bond acceptors (Lipinski definition) is 3. The van der Waals surface area contributed by atoms with Crippen LogP contribution in [0.5, 0.6) is 0 Å². The summed E-state index contributed by atoms with van der Waals surface area (Å²) in [6.45, 7) is 2.55. The second-order valence-electron chi connectivity index (χ2n) is 4.22. The molecular weight excluding hydrogens is 232 g/mol. The van der Waals surface area contributed by atoms with Crippen LogP contribution in [0.3, 0.4) is 0 Å². The molecule has 6 nitrogen and oxygen atoms in total. The van der Waals surface area contributed by atoms with Gasteiger partial charge in [-0.25, -0.2) is 0 Å². The van der Waals surface area contributed by atoms with E-state index in [1.165, 1.54) is 0 Å². The zero-order valence-corrected chi connectivity index (χ0v) is 11.0. The van der Waals surface area contributed by atoms with Gasteiger partial charge >= 0.3 is 0 Å². The summed E-state index contributed by atoms with van der Waals surface area (Å²) in [7, 11) is 0. The lowest BCUT2D eigenvalue weighted by molar-refractivity contribution is -0.124. The normalized spacial score (nSPS) is 11.6. The van der Waals surface area contributed by atoms with Crippen LogP contribution in [-0.2, 0) is 9.59 Å². The number of rotatable bonds is 10. The van der Waals surface area contributed by atoms with Crippen molar-refractivity contribution in [3.05, 3.63) is 0 Å². The van der Waals surface area contributed by atoms with Gasteiger partial charge in [-0.3, -0.25) is 9.79 Å². The number of hydrogen-bond donors (Lipinski definition) is 3. The lowest BCUT2D eigenvalue weighted by Crippen LogP contribution is -2.36. The van der Waals surface area contributed by atoms with Crippen LogP contribution in [0.2, 0.25) is 0 Å². The third-order valence-corrected chi connectivity index (χ3v) is 2.49. The summed E-state index contributed by atoms with van der Waals surface area (Å²) in [5.74, 6) is -0.0244. The first kappa shape index (κ1) is 16.4. The van der Waals surface area contributed by atoms with E-state index in [1.807, 2.05) is 0 Å². The molecule has 18 heavy (non-hydrogen) atoms. The topological polar surface area (TPSA) is 111 Å². The number of aliphatic imine (C=N–C) groups is 1. The summed E-state index contributed by atoms with van der Waals surface area (Å²) >= 11 is 0. The molecule has 0 aromatic carbocycles. The molecule has 0 rings (SSSR count). The van der Waals surface area contributed by atoms with Gasteiger partial charge in [0.05, 0.1) is 6.04 Å². The maximum Gasteiger partial charge on any atom is 0.220 e. The van der Waals surface area contributed by atoms with E-state index in [-0.39, 0.29) is 11.9 Å². The third kappa shape index (κ3) is 9.62. The Labute approximate surface area is 108 Å². The number of unbranched alkanes of at least 4 members (excludes halogenated alkanes) is 2. The van der Waals surface area contributed by atoms with Gasteiger partial charge in [0.15, 0.2) is 5.96 Å². The van der Waals surface area contributed by atoms with Gasteiger partial charge in [0.2, 0.25) is 5.91 Å². The Kier molecular flexibility index (Phi) is 9.62. The molecule has 5 N–H and O–H groups in total. The molecule has 1 atom stereocenters. The SMILES string of the molecule is CCCCCC(=O)N[C@@H](C=O)CCCN=C(N)N. The Balaban J connectivity index is 3.78. The van der Waals surface area contributed by atoms with Crippen LogP contribution in [-0.4, -0.2) is 30.7 Å². The van der Waals surface area contributed by atoms with Crippen molar-refractivity contribution in [2.45, 2.75) is 51.5 Å². The molecule has 0 unspecified atom stereocenters. The molecule has 0 bridgehead atoms. The highest BCUT2D eigenvalue weighted by atomic mass is 16.2. The predicted octanol–water partition coefficient (Wildman–Crippen LogP) is 0.304. The van der Waals surface area contributed by atoms with Crippen molar-refractivity contribution in [2.24, 2.45) is 16.5 Å². The number of nitrogens with zero attached hydrogens (tertiary/aromatic N) is 1. The average molecular weight is 256 g/mol. The van der Waals surface area contributed by atoms with Crippen molar-refractivity contribution >= 4 is 18.2 Å². The molecule has 0 heterocycles. The van der Waals surface area contributed by atoms with Crippen molar-refractivity contribution in [1.29, 1.82) is 0 Å². The number of carbonyl (C=O) groups excluding carboxylic acids is 2. The standard InChI is InChI=1S/C12H24N4O2/c1-2-3-4-7-11(18)16-10(9-17)6-5-8-15-12(13)14/h9-10H,2-8H2,1H3,(H,16,18)(H4,13,14,15)/t10-/m1/s1. The molecule has 0 aliphatic heterocycles. The highest BCUT2D eigenvalue weighted by Gasteiger charge is 2.10. The summed E-state index contributed by atoms with van der Waals surface area (Å²) in [5, 5.41) is 2.70. The third-order valence-electron chi connectivity index (χ3n) is 2.49. The van der Waals surface area contributed by atoms with Gasteiger partial charge in [-0.2, -0.15) is 0 Å². The number of aldehydes is 1. The molecule has 6 heteroatoms. The van der Waals surface area contributed by atoms with E-state index >= 15 is 0 Å². The van der Waals surface area contributed by atoms with Crippen LogP contribution < -0.4 is 16.8 Å². The minimum Gasteiger partial charge on any atom is -0.370 e. The second-order valence-corrected chi connectivity index (χ2v) is 4.22. The van der Waals surface area contributed by atoms with E-state index in [0.717, 1.165) is 25.5 Å². The van der Waals surface area contributed by atoms with E-state index in [0.29, 0.717) is 25.8 Å². The average Bonchev–Trinajstić information content (AvgIpc) is 2.33. The second kappa shape index (κ2) is 10.6. The lowest BCUT2D eigenvalue weighted by atomic mass is 10.1. The first-order valence-electron chi connectivity index (χ1n) is 6.40. The molecule has 0 aromatic rings. The first-order valence-corrected chi connectivity index (χ1v) is 6.40. The van der Waals surface area contributed by atoms with Crippen molar-refractivity contribution in [1.82, 2.24) is 5.32 Å². The Hall–Kier alpha value is -1.59. The van der Waals surface area contributed by atoms with Crippen molar-refractivity contribution in [3.8, 4) is 0 Å². The Morgan fingerprint density at radius 1 is 1.33 bits per heavy atom. The monoisotopic (exact) mass is 256 g/mol. The van der Waals surface area contributed by atoms with E-state index in [4.69, 9.17) is 11.5 Å². The van der Waals surface area contributed by atoms with E-state index in [2.05, 4.69) is 17.2 Å². The number of nitrogens with two attached hydrogens (primary N) is 2. The fourth-order valence-corrected chi connectivity index (χ4v) is 1.51. The Morgan fingerprint density at radius 3 is 2.61 bits per heavy atom.